The van der Waals surface area contributed by atoms with Crippen LogP contribution in [0.4, 0.5) is 0 Å². The highest BCUT2D eigenvalue weighted by atomic mass is 16.2. The third-order valence-electron chi connectivity index (χ3n) is 4.14. The molecule has 0 heterocycles. The van der Waals surface area contributed by atoms with Gasteiger partial charge in [0.05, 0.1) is 0 Å². The number of carbonyl (C=O) groups is 2. The Hall–Kier alpha value is -1.06. The Labute approximate surface area is 123 Å². The summed E-state index contributed by atoms with van der Waals surface area (Å²) in [6.07, 6.45) is 5.27. The standard InChI is InChI=1S/C16H30N2O2/c1-5-18(6-2)15(20)16(10-8-7-9-11-16)17-14(19)12-13(3)4/h13H,5-12H2,1-4H3,(H,17,19). The maximum Gasteiger partial charge on any atom is 0.248 e. The number of rotatable bonds is 6. The first-order chi connectivity index (χ1) is 9.45. The number of likely N-dealkylation sites (N-methyl/N-ethyl adjacent to an activating group) is 1. The molecular weight excluding hydrogens is 252 g/mol. The molecule has 1 N–H and O–H groups in total. The van der Waals surface area contributed by atoms with Gasteiger partial charge in [-0.3, -0.25) is 9.59 Å². The highest BCUT2D eigenvalue weighted by Gasteiger charge is 2.42. The Balaban J connectivity index is 2.85. The fourth-order valence-corrected chi connectivity index (χ4v) is 3.05. The van der Waals surface area contributed by atoms with Gasteiger partial charge in [-0.15, -0.1) is 0 Å². The summed E-state index contributed by atoms with van der Waals surface area (Å²) in [5.74, 6) is 0.445. The van der Waals surface area contributed by atoms with Crippen LogP contribution in [-0.4, -0.2) is 35.3 Å². The topological polar surface area (TPSA) is 49.4 Å². The first-order valence-corrected chi connectivity index (χ1v) is 8.05. The van der Waals surface area contributed by atoms with Crippen LogP contribution in [0.15, 0.2) is 0 Å². The molecule has 0 saturated heterocycles. The van der Waals surface area contributed by atoms with Crippen LogP contribution in [-0.2, 0) is 9.59 Å². The number of nitrogens with one attached hydrogen (secondary N) is 1. The van der Waals surface area contributed by atoms with E-state index in [9.17, 15) is 9.59 Å². The van der Waals surface area contributed by atoms with Crippen molar-refractivity contribution in [2.24, 2.45) is 5.92 Å². The van der Waals surface area contributed by atoms with Crippen molar-refractivity contribution in [3.05, 3.63) is 0 Å². The van der Waals surface area contributed by atoms with Crippen LogP contribution in [0.5, 0.6) is 0 Å². The molecule has 1 aliphatic rings. The van der Waals surface area contributed by atoms with E-state index in [4.69, 9.17) is 0 Å². The number of nitrogens with zero attached hydrogens (tertiary/aromatic N) is 1. The van der Waals surface area contributed by atoms with Gasteiger partial charge in [0.1, 0.15) is 5.54 Å². The monoisotopic (exact) mass is 282 g/mol. The largest absolute Gasteiger partial charge is 0.342 e. The fourth-order valence-electron chi connectivity index (χ4n) is 3.05. The lowest BCUT2D eigenvalue weighted by molar-refractivity contribution is -0.143. The average Bonchev–Trinajstić information content (AvgIpc) is 2.40. The van der Waals surface area contributed by atoms with E-state index in [-0.39, 0.29) is 11.8 Å². The lowest BCUT2D eigenvalue weighted by atomic mass is 9.80. The number of hydrogen-bond donors (Lipinski definition) is 1. The third-order valence-corrected chi connectivity index (χ3v) is 4.14. The molecular formula is C16H30N2O2. The van der Waals surface area contributed by atoms with Crippen molar-refractivity contribution in [1.29, 1.82) is 0 Å². The van der Waals surface area contributed by atoms with Crippen LogP contribution in [0.2, 0.25) is 0 Å². The van der Waals surface area contributed by atoms with E-state index >= 15 is 0 Å². The quantitative estimate of drug-likeness (QED) is 0.814. The number of hydrogen-bond acceptors (Lipinski definition) is 2. The van der Waals surface area contributed by atoms with Gasteiger partial charge in [0.2, 0.25) is 11.8 Å². The predicted octanol–water partition coefficient (Wildman–Crippen LogP) is 2.72. The molecule has 2 amide bonds. The molecule has 1 saturated carbocycles. The van der Waals surface area contributed by atoms with E-state index < -0.39 is 5.54 Å². The van der Waals surface area contributed by atoms with Gasteiger partial charge in [0, 0.05) is 19.5 Å². The van der Waals surface area contributed by atoms with Gasteiger partial charge < -0.3 is 10.2 Å². The SMILES string of the molecule is CCN(CC)C(=O)C1(NC(=O)CC(C)C)CCCCC1. The zero-order valence-corrected chi connectivity index (χ0v) is 13.5. The van der Waals surface area contributed by atoms with Crippen LogP contribution in [0.25, 0.3) is 0 Å². The van der Waals surface area contributed by atoms with Crippen molar-refractivity contribution >= 4 is 11.8 Å². The van der Waals surface area contributed by atoms with Crippen molar-refractivity contribution in [3.63, 3.8) is 0 Å². The molecule has 0 aromatic carbocycles. The van der Waals surface area contributed by atoms with Gasteiger partial charge in [-0.1, -0.05) is 33.1 Å². The van der Waals surface area contributed by atoms with Gasteiger partial charge in [0.15, 0.2) is 0 Å². The maximum atomic E-state index is 12.8. The Morgan fingerprint density at radius 2 is 1.65 bits per heavy atom. The van der Waals surface area contributed by atoms with E-state index in [2.05, 4.69) is 5.32 Å². The molecule has 0 spiro atoms. The number of amides is 2. The summed E-state index contributed by atoms with van der Waals surface area (Å²) < 4.78 is 0. The molecule has 0 unspecified atom stereocenters. The van der Waals surface area contributed by atoms with E-state index in [1.165, 1.54) is 0 Å². The summed E-state index contributed by atoms with van der Waals surface area (Å²) in [4.78, 5) is 26.8. The molecule has 1 aliphatic carbocycles. The summed E-state index contributed by atoms with van der Waals surface area (Å²) in [6.45, 7) is 9.45. The van der Waals surface area contributed by atoms with Gasteiger partial charge in [-0.25, -0.2) is 0 Å². The molecule has 4 nitrogen and oxygen atoms in total. The highest BCUT2D eigenvalue weighted by Crippen LogP contribution is 2.30. The zero-order valence-electron chi connectivity index (χ0n) is 13.5. The Kier molecular flexibility index (Phi) is 6.50. The Bertz CT molecular complexity index is 329. The normalized spacial score (nSPS) is 17.9. The number of carbonyl (C=O) groups excluding carboxylic acids is 2. The molecule has 0 atom stereocenters. The minimum atomic E-state index is -0.643. The van der Waals surface area contributed by atoms with Crippen LogP contribution in [0.1, 0.15) is 66.2 Å². The average molecular weight is 282 g/mol. The molecule has 0 aliphatic heterocycles. The summed E-state index contributed by atoms with van der Waals surface area (Å²) >= 11 is 0. The van der Waals surface area contributed by atoms with Crippen LogP contribution in [0.3, 0.4) is 0 Å². The van der Waals surface area contributed by atoms with Crippen molar-refractivity contribution in [2.75, 3.05) is 13.1 Å². The molecule has 0 bridgehead atoms. The third kappa shape index (κ3) is 4.22. The van der Waals surface area contributed by atoms with Crippen molar-refractivity contribution < 1.29 is 9.59 Å². The van der Waals surface area contributed by atoms with Crippen molar-refractivity contribution in [3.8, 4) is 0 Å². The summed E-state index contributed by atoms with van der Waals surface area (Å²) in [5.41, 5.74) is -0.643. The zero-order chi connectivity index (χ0) is 15.2. The first-order valence-electron chi connectivity index (χ1n) is 8.05. The van der Waals surface area contributed by atoms with E-state index in [0.29, 0.717) is 25.4 Å². The molecule has 4 heteroatoms. The molecule has 116 valence electrons. The van der Waals surface area contributed by atoms with Crippen LogP contribution in [0, 0.1) is 5.92 Å². The molecule has 0 aromatic rings. The van der Waals surface area contributed by atoms with Crippen LogP contribution < -0.4 is 5.32 Å². The van der Waals surface area contributed by atoms with Gasteiger partial charge in [-0.2, -0.15) is 0 Å². The molecule has 20 heavy (non-hydrogen) atoms. The smallest absolute Gasteiger partial charge is 0.248 e. The highest BCUT2D eigenvalue weighted by molar-refractivity contribution is 5.91. The first kappa shape index (κ1) is 17.0. The van der Waals surface area contributed by atoms with Crippen LogP contribution >= 0.6 is 0 Å². The fraction of sp³-hybridized carbons (Fsp3) is 0.875. The van der Waals surface area contributed by atoms with Crippen molar-refractivity contribution in [2.45, 2.75) is 71.8 Å². The molecule has 0 aromatic heterocycles. The summed E-state index contributed by atoms with van der Waals surface area (Å²) in [5, 5.41) is 3.08. The van der Waals surface area contributed by atoms with E-state index in [1.54, 1.807) is 0 Å². The van der Waals surface area contributed by atoms with Gasteiger partial charge in [-0.05, 0) is 32.6 Å². The lowest BCUT2D eigenvalue weighted by Crippen LogP contribution is -2.60. The van der Waals surface area contributed by atoms with Gasteiger partial charge >= 0.3 is 0 Å². The van der Waals surface area contributed by atoms with E-state index in [0.717, 1.165) is 32.1 Å². The summed E-state index contributed by atoms with van der Waals surface area (Å²) in [6, 6.07) is 0. The molecule has 1 rings (SSSR count). The Morgan fingerprint density at radius 1 is 1.10 bits per heavy atom. The molecule has 0 radical (unpaired) electrons. The lowest BCUT2D eigenvalue weighted by Gasteiger charge is -2.40. The van der Waals surface area contributed by atoms with Gasteiger partial charge in [0.25, 0.3) is 0 Å². The second-order valence-electron chi connectivity index (χ2n) is 6.27. The second-order valence-corrected chi connectivity index (χ2v) is 6.27. The minimum absolute atomic E-state index is 0.0161. The second kappa shape index (κ2) is 7.65. The van der Waals surface area contributed by atoms with Crippen molar-refractivity contribution in [1.82, 2.24) is 10.2 Å². The minimum Gasteiger partial charge on any atom is -0.342 e. The Morgan fingerprint density at radius 3 is 2.10 bits per heavy atom. The summed E-state index contributed by atoms with van der Waals surface area (Å²) in [7, 11) is 0. The molecule has 1 fully saturated rings. The predicted molar refractivity (Wildman–Crippen MR) is 81.3 cm³/mol. The van der Waals surface area contributed by atoms with E-state index in [1.807, 2.05) is 32.6 Å². The maximum absolute atomic E-state index is 12.8.